The first-order chi connectivity index (χ1) is 7.43. The largest absolute Gasteiger partial charge is 0.394 e. The molecule has 92 valence electrons. The Hall–Kier alpha value is -0.980. The monoisotopic (exact) mass is 228 g/mol. The second kappa shape index (κ2) is 5.38. The highest BCUT2D eigenvalue weighted by atomic mass is 16.3. The average molecular weight is 228 g/mol. The maximum atomic E-state index is 9.12. The Morgan fingerprint density at radius 2 is 2.19 bits per heavy atom. The number of aromatic nitrogens is 3. The number of nitrogens with one attached hydrogen (secondary N) is 1. The van der Waals surface area contributed by atoms with Gasteiger partial charge in [-0.15, -0.1) is 5.10 Å². The van der Waals surface area contributed by atoms with Crippen LogP contribution >= 0.6 is 0 Å². The Morgan fingerprint density at radius 1 is 1.50 bits per heavy atom. The van der Waals surface area contributed by atoms with E-state index in [2.05, 4.69) is 36.4 Å². The minimum atomic E-state index is -0.724. The van der Waals surface area contributed by atoms with E-state index in [9.17, 15) is 0 Å². The lowest BCUT2D eigenvalue weighted by atomic mass is 10.1. The van der Waals surface area contributed by atoms with Crippen LogP contribution in [0.1, 0.15) is 26.5 Å². The molecule has 0 fully saturated rings. The summed E-state index contributed by atoms with van der Waals surface area (Å²) in [7, 11) is 0. The Balaban J connectivity index is 2.41. The molecule has 6 nitrogen and oxygen atoms in total. The van der Waals surface area contributed by atoms with E-state index in [1.54, 1.807) is 4.68 Å². The van der Waals surface area contributed by atoms with Gasteiger partial charge in [0, 0.05) is 13.1 Å². The van der Waals surface area contributed by atoms with Crippen molar-refractivity contribution in [3.8, 4) is 0 Å². The van der Waals surface area contributed by atoms with Crippen molar-refractivity contribution in [2.24, 2.45) is 0 Å². The molecule has 1 atom stereocenters. The maximum absolute atomic E-state index is 9.12. The lowest BCUT2D eigenvalue weighted by Gasteiger charge is -2.17. The van der Waals surface area contributed by atoms with Crippen molar-refractivity contribution >= 4 is 0 Å². The molecular formula is C10H20N4O2. The van der Waals surface area contributed by atoms with E-state index in [1.807, 2.05) is 6.20 Å². The molecule has 0 aromatic carbocycles. The van der Waals surface area contributed by atoms with Crippen LogP contribution < -0.4 is 5.32 Å². The van der Waals surface area contributed by atoms with Gasteiger partial charge < -0.3 is 15.5 Å². The summed E-state index contributed by atoms with van der Waals surface area (Å²) in [6, 6.07) is 0. The lowest BCUT2D eigenvalue weighted by molar-refractivity contribution is 0.0941. The number of hydrogen-bond donors (Lipinski definition) is 3. The predicted molar refractivity (Wildman–Crippen MR) is 59.8 cm³/mol. The smallest absolute Gasteiger partial charge is 0.0965 e. The molecule has 1 unspecified atom stereocenters. The van der Waals surface area contributed by atoms with Crippen LogP contribution in [0.2, 0.25) is 0 Å². The Bertz CT molecular complexity index is 319. The van der Waals surface area contributed by atoms with Gasteiger partial charge in [0.05, 0.1) is 30.1 Å². The summed E-state index contributed by atoms with van der Waals surface area (Å²) < 4.78 is 1.80. The molecule has 0 aliphatic rings. The third-order valence-electron chi connectivity index (χ3n) is 2.12. The standard InChI is InChI=1S/C10H20N4O2/c1-10(2,3)14-6-8(12-13-14)4-11-5-9(16)7-15/h6,9,11,15-16H,4-5,7H2,1-3H3. The van der Waals surface area contributed by atoms with Gasteiger partial charge in [0.15, 0.2) is 0 Å². The summed E-state index contributed by atoms with van der Waals surface area (Å²) in [6.45, 7) is 6.80. The third kappa shape index (κ3) is 3.88. The van der Waals surface area contributed by atoms with E-state index in [0.717, 1.165) is 5.69 Å². The number of hydrogen-bond acceptors (Lipinski definition) is 5. The molecule has 0 aliphatic heterocycles. The molecule has 0 bridgehead atoms. The molecule has 3 N–H and O–H groups in total. The minimum Gasteiger partial charge on any atom is -0.394 e. The van der Waals surface area contributed by atoms with Crippen molar-refractivity contribution in [3.05, 3.63) is 11.9 Å². The molecule has 6 heteroatoms. The van der Waals surface area contributed by atoms with Crippen molar-refractivity contribution in [3.63, 3.8) is 0 Å². The molecule has 0 saturated carbocycles. The SMILES string of the molecule is CC(C)(C)n1cc(CNCC(O)CO)nn1. The van der Waals surface area contributed by atoms with E-state index in [0.29, 0.717) is 13.1 Å². The van der Waals surface area contributed by atoms with Crippen molar-refractivity contribution in [1.29, 1.82) is 0 Å². The molecule has 1 aromatic heterocycles. The summed E-state index contributed by atoms with van der Waals surface area (Å²) in [5, 5.41) is 28.8. The normalized spacial score (nSPS) is 14.1. The predicted octanol–water partition coefficient (Wildman–Crippen LogP) is -0.524. The molecule has 16 heavy (non-hydrogen) atoms. The Morgan fingerprint density at radius 3 is 2.69 bits per heavy atom. The molecule has 0 saturated heterocycles. The van der Waals surface area contributed by atoms with E-state index in [4.69, 9.17) is 10.2 Å². The van der Waals surface area contributed by atoms with Gasteiger partial charge in [-0.05, 0) is 20.8 Å². The van der Waals surface area contributed by atoms with Crippen LogP contribution in [0.15, 0.2) is 6.20 Å². The van der Waals surface area contributed by atoms with Gasteiger partial charge in [-0.1, -0.05) is 5.21 Å². The zero-order chi connectivity index (χ0) is 12.2. The molecular weight excluding hydrogens is 208 g/mol. The summed E-state index contributed by atoms with van der Waals surface area (Å²) in [5.41, 5.74) is 0.746. The summed E-state index contributed by atoms with van der Waals surface area (Å²) in [4.78, 5) is 0. The van der Waals surface area contributed by atoms with E-state index < -0.39 is 6.10 Å². The quantitative estimate of drug-likeness (QED) is 0.631. The van der Waals surface area contributed by atoms with Crippen LogP contribution in [0.3, 0.4) is 0 Å². The number of aliphatic hydroxyl groups is 2. The van der Waals surface area contributed by atoms with Crippen LogP contribution in [-0.4, -0.2) is 44.5 Å². The van der Waals surface area contributed by atoms with Crippen LogP contribution in [0.25, 0.3) is 0 Å². The molecule has 0 radical (unpaired) electrons. The van der Waals surface area contributed by atoms with Crippen molar-refractivity contribution in [2.45, 2.75) is 39.0 Å². The van der Waals surface area contributed by atoms with Gasteiger partial charge >= 0.3 is 0 Å². The minimum absolute atomic E-state index is 0.0735. The number of aliphatic hydroxyl groups excluding tert-OH is 2. The van der Waals surface area contributed by atoms with Gasteiger partial charge in [-0.2, -0.15) is 0 Å². The second-order valence-corrected chi connectivity index (χ2v) is 4.79. The lowest BCUT2D eigenvalue weighted by Crippen LogP contribution is -2.29. The molecule has 0 spiro atoms. The fourth-order valence-electron chi connectivity index (χ4n) is 1.14. The first-order valence-corrected chi connectivity index (χ1v) is 5.35. The molecule has 1 aromatic rings. The van der Waals surface area contributed by atoms with Crippen LogP contribution in [-0.2, 0) is 12.1 Å². The second-order valence-electron chi connectivity index (χ2n) is 4.79. The molecule has 1 rings (SSSR count). The van der Waals surface area contributed by atoms with Crippen LogP contribution in [0, 0.1) is 0 Å². The number of rotatable bonds is 5. The highest BCUT2D eigenvalue weighted by Gasteiger charge is 2.14. The van der Waals surface area contributed by atoms with Crippen molar-refractivity contribution in [1.82, 2.24) is 20.3 Å². The third-order valence-corrected chi connectivity index (χ3v) is 2.12. The molecule has 0 amide bonds. The van der Waals surface area contributed by atoms with Gasteiger partial charge in [-0.3, -0.25) is 0 Å². The topological polar surface area (TPSA) is 83.2 Å². The highest BCUT2D eigenvalue weighted by molar-refractivity contribution is 4.94. The van der Waals surface area contributed by atoms with Gasteiger partial charge in [0.25, 0.3) is 0 Å². The van der Waals surface area contributed by atoms with Crippen molar-refractivity contribution < 1.29 is 10.2 Å². The number of nitrogens with zero attached hydrogens (tertiary/aromatic N) is 3. The van der Waals surface area contributed by atoms with Gasteiger partial charge in [0.2, 0.25) is 0 Å². The van der Waals surface area contributed by atoms with Crippen LogP contribution in [0.5, 0.6) is 0 Å². The first kappa shape index (κ1) is 13.1. The van der Waals surface area contributed by atoms with E-state index in [-0.39, 0.29) is 12.1 Å². The fraction of sp³-hybridized carbons (Fsp3) is 0.800. The van der Waals surface area contributed by atoms with E-state index >= 15 is 0 Å². The fourth-order valence-corrected chi connectivity index (χ4v) is 1.14. The van der Waals surface area contributed by atoms with E-state index in [1.165, 1.54) is 0 Å². The Kier molecular flexibility index (Phi) is 4.40. The summed E-state index contributed by atoms with van der Waals surface area (Å²) in [6.07, 6.45) is 1.15. The van der Waals surface area contributed by atoms with Gasteiger partial charge in [-0.25, -0.2) is 4.68 Å². The molecule has 0 aliphatic carbocycles. The van der Waals surface area contributed by atoms with Crippen molar-refractivity contribution in [2.75, 3.05) is 13.2 Å². The summed E-state index contributed by atoms with van der Waals surface area (Å²) >= 11 is 0. The first-order valence-electron chi connectivity index (χ1n) is 5.35. The molecule has 1 heterocycles. The average Bonchev–Trinajstić information content (AvgIpc) is 2.65. The summed E-state index contributed by atoms with van der Waals surface area (Å²) in [5.74, 6) is 0. The zero-order valence-electron chi connectivity index (χ0n) is 10.0. The van der Waals surface area contributed by atoms with Crippen LogP contribution in [0.4, 0.5) is 0 Å². The highest BCUT2D eigenvalue weighted by Crippen LogP contribution is 2.11. The zero-order valence-corrected chi connectivity index (χ0v) is 10.0. The van der Waals surface area contributed by atoms with Gasteiger partial charge in [0.1, 0.15) is 0 Å². The Labute approximate surface area is 95.3 Å². The maximum Gasteiger partial charge on any atom is 0.0965 e.